The summed E-state index contributed by atoms with van der Waals surface area (Å²) >= 11 is 0. The molecular formula is C18H20N2O2. The van der Waals surface area contributed by atoms with Crippen LogP contribution in [0.15, 0.2) is 42.5 Å². The molecule has 0 aliphatic carbocycles. The average molecular weight is 296 g/mol. The number of benzene rings is 2. The molecule has 3 rings (SSSR count). The molecule has 0 fully saturated rings. The van der Waals surface area contributed by atoms with Gasteiger partial charge in [-0.15, -0.1) is 0 Å². The minimum atomic E-state index is -0.890. The number of carboxylic acids is 1. The van der Waals surface area contributed by atoms with E-state index in [0.29, 0.717) is 12.1 Å². The quantitative estimate of drug-likeness (QED) is 0.908. The van der Waals surface area contributed by atoms with Gasteiger partial charge in [-0.2, -0.15) is 0 Å². The Morgan fingerprint density at radius 2 is 2.00 bits per heavy atom. The number of hydrogen-bond acceptors (Lipinski definition) is 3. The Morgan fingerprint density at radius 3 is 2.73 bits per heavy atom. The zero-order chi connectivity index (χ0) is 15.5. The highest BCUT2D eigenvalue weighted by molar-refractivity contribution is 5.87. The van der Waals surface area contributed by atoms with Crippen LogP contribution in [0.1, 0.15) is 27.9 Å². The van der Waals surface area contributed by atoms with Crippen molar-refractivity contribution in [2.24, 2.45) is 0 Å². The van der Waals surface area contributed by atoms with Gasteiger partial charge in [0.1, 0.15) is 0 Å². The van der Waals surface area contributed by atoms with E-state index in [1.54, 1.807) is 12.1 Å². The summed E-state index contributed by atoms with van der Waals surface area (Å²) in [6.07, 6.45) is 2.33. The summed E-state index contributed by atoms with van der Waals surface area (Å²) in [5, 5.41) is 12.3. The normalized spacial score (nSPS) is 13.6. The third-order valence-electron chi connectivity index (χ3n) is 4.13. The summed E-state index contributed by atoms with van der Waals surface area (Å²) in [4.78, 5) is 13.1. The Morgan fingerprint density at radius 1 is 1.23 bits per heavy atom. The Balaban J connectivity index is 1.67. The number of aryl methyl sites for hydroxylation is 1. The Kier molecular flexibility index (Phi) is 4.00. The third-order valence-corrected chi connectivity index (χ3v) is 4.13. The lowest BCUT2D eigenvalue weighted by atomic mass is 10.0. The van der Waals surface area contributed by atoms with E-state index < -0.39 is 5.97 Å². The molecule has 0 unspecified atom stereocenters. The van der Waals surface area contributed by atoms with Gasteiger partial charge in [-0.1, -0.05) is 12.1 Å². The molecule has 2 N–H and O–H groups in total. The molecule has 1 aliphatic heterocycles. The standard InChI is InChI=1S/C18H20N2O2/c1-20-10-2-3-15-11-16(8-9-17(15)20)19-12-13-4-6-14(7-5-13)18(21)22/h4-9,11,19H,2-3,10,12H2,1H3,(H,21,22). The first-order chi connectivity index (χ1) is 10.6. The molecule has 0 saturated heterocycles. The van der Waals surface area contributed by atoms with Crippen LogP contribution in [0.3, 0.4) is 0 Å². The molecule has 0 aromatic heterocycles. The van der Waals surface area contributed by atoms with E-state index in [1.807, 2.05) is 12.1 Å². The van der Waals surface area contributed by atoms with Crippen molar-refractivity contribution in [2.75, 3.05) is 23.8 Å². The molecule has 4 nitrogen and oxygen atoms in total. The van der Waals surface area contributed by atoms with Gasteiger partial charge in [0, 0.05) is 31.5 Å². The molecule has 4 heteroatoms. The van der Waals surface area contributed by atoms with Crippen LogP contribution in [0.4, 0.5) is 11.4 Å². The van der Waals surface area contributed by atoms with Crippen molar-refractivity contribution in [3.05, 3.63) is 59.2 Å². The van der Waals surface area contributed by atoms with Gasteiger partial charge >= 0.3 is 5.97 Å². The van der Waals surface area contributed by atoms with Gasteiger partial charge in [-0.3, -0.25) is 0 Å². The van der Waals surface area contributed by atoms with Gasteiger partial charge in [0.05, 0.1) is 5.56 Å². The Labute approximate surface area is 130 Å². The Hall–Kier alpha value is -2.49. The average Bonchev–Trinajstić information content (AvgIpc) is 2.53. The van der Waals surface area contributed by atoms with Crippen molar-refractivity contribution in [1.82, 2.24) is 0 Å². The summed E-state index contributed by atoms with van der Waals surface area (Å²) in [6.45, 7) is 1.81. The van der Waals surface area contributed by atoms with Crippen molar-refractivity contribution < 1.29 is 9.90 Å². The molecule has 1 aliphatic rings. The number of fused-ring (bicyclic) bond motifs is 1. The third kappa shape index (κ3) is 3.06. The molecule has 0 atom stereocenters. The lowest BCUT2D eigenvalue weighted by molar-refractivity contribution is 0.0697. The summed E-state index contributed by atoms with van der Waals surface area (Å²) < 4.78 is 0. The smallest absolute Gasteiger partial charge is 0.335 e. The van der Waals surface area contributed by atoms with Crippen LogP contribution in [0.5, 0.6) is 0 Å². The van der Waals surface area contributed by atoms with Gasteiger partial charge in [0.25, 0.3) is 0 Å². The maximum absolute atomic E-state index is 10.8. The van der Waals surface area contributed by atoms with Crippen molar-refractivity contribution in [3.63, 3.8) is 0 Å². The minimum absolute atomic E-state index is 0.320. The summed E-state index contributed by atoms with van der Waals surface area (Å²) in [7, 11) is 2.13. The summed E-state index contributed by atoms with van der Waals surface area (Å²) in [5.74, 6) is -0.890. The van der Waals surface area contributed by atoms with Crippen LogP contribution in [0.25, 0.3) is 0 Å². The molecule has 2 aromatic carbocycles. The molecule has 0 saturated carbocycles. The van der Waals surface area contributed by atoms with Crippen LogP contribution >= 0.6 is 0 Å². The predicted molar refractivity (Wildman–Crippen MR) is 88.8 cm³/mol. The fraction of sp³-hybridized carbons (Fsp3) is 0.278. The second kappa shape index (κ2) is 6.10. The number of hydrogen-bond donors (Lipinski definition) is 2. The number of nitrogens with zero attached hydrogens (tertiary/aromatic N) is 1. The van der Waals surface area contributed by atoms with Crippen LogP contribution in [-0.2, 0) is 13.0 Å². The second-order valence-electron chi connectivity index (χ2n) is 5.72. The van der Waals surface area contributed by atoms with Gasteiger partial charge < -0.3 is 15.3 Å². The maximum Gasteiger partial charge on any atom is 0.335 e. The van der Waals surface area contributed by atoms with E-state index in [0.717, 1.165) is 24.2 Å². The highest BCUT2D eigenvalue weighted by atomic mass is 16.4. The first-order valence-electron chi connectivity index (χ1n) is 7.53. The van der Waals surface area contributed by atoms with E-state index in [-0.39, 0.29) is 0 Å². The molecule has 0 amide bonds. The molecule has 1 heterocycles. The Bertz CT molecular complexity index is 680. The van der Waals surface area contributed by atoms with Crippen molar-refractivity contribution in [1.29, 1.82) is 0 Å². The fourth-order valence-electron chi connectivity index (χ4n) is 2.86. The molecule has 0 bridgehead atoms. The van der Waals surface area contributed by atoms with E-state index in [4.69, 9.17) is 5.11 Å². The fourth-order valence-corrected chi connectivity index (χ4v) is 2.86. The predicted octanol–water partition coefficient (Wildman–Crippen LogP) is 3.38. The first kappa shape index (κ1) is 14.4. The molecular weight excluding hydrogens is 276 g/mol. The largest absolute Gasteiger partial charge is 0.478 e. The molecule has 0 spiro atoms. The van der Waals surface area contributed by atoms with Crippen molar-refractivity contribution in [2.45, 2.75) is 19.4 Å². The van der Waals surface area contributed by atoms with E-state index in [9.17, 15) is 4.79 Å². The van der Waals surface area contributed by atoms with Gasteiger partial charge in [-0.25, -0.2) is 4.79 Å². The van der Waals surface area contributed by atoms with E-state index in [1.165, 1.54) is 17.7 Å². The van der Waals surface area contributed by atoms with Crippen LogP contribution in [-0.4, -0.2) is 24.7 Å². The van der Waals surface area contributed by atoms with Gasteiger partial charge in [0.15, 0.2) is 0 Å². The number of carboxylic acid groups (broad SMARTS) is 1. The first-order valence-corrected chi connectivity index (χ1v) is 7.53. The lowest BCUT2D eigenvalue weighted by Crippen LogP contribution is -2.24. The molecule has 22 heavy (non-hydrogen) atoms. The number of nitrogens with one attached hydrogen (secondary N) is 1. The number of aromatic carboxylic acids is 1. The zero-order valence-corrected chi connectivity index (χ0v) is 12.7. The molecule has 114 valence electrons. The SMILES string of the molecule is CN1CCCc2cc(NCc3ccc(C(=O)O)cc3)ccc21. The van der Waals surface area contributed by atoms with Crippen LogP contribution < -0.4 is 10.2 Å². The van der Waals surface area contributed by atoms with Crippen LogP contribution in [0, 0.1) is 0 Å². The summed E-state index contributed by atoms with van der Waals surface area (Å²) in [5.41, 5.74) is 5.21. The van der Waals surface area contributed by atoms with Gasteiger partial charge in [-0.05, 0) is 54.3 Å². The second-order valence-corrected chi connectivity index (χ2v) is 5.72. The van der Waals surface area contributed by atoms with E-state index in [2.05, 4.69) is 35.5 Å². The highest BCUT2D eigenvalue weighted by Gasteiger charge is 2.13. The summed E-state index contributed by atoms with van der Waals surface area (Å²) in [6, 6.07) is 13.5. The van der Waals surface area contributed by atoms with Crippen molar-refractivity contribution >= 4 is 17.3 Å². The minimum Gasteiger partial charge on any atom is -0.478 e. The number of rotatable bonds is 4. The topological polar surface area (TPSA) is 52.6 Å². The lowest BCUT2D eigenvalue weighted by Gasteiger charge is -2.28. The zero-order valence-electron chi connectivity index (χ0n) is 12.7. The van der Waals surface area contributed by atoms with Gasteiger partial charge in [0.2, 0.25) is 0 Å². The number of carbonyl (C=O) groups is 1. The monoisotopic (exact) mass is 296 g/mol. The maximum atomic E-state index is 10.8. The molecule has 0 radical (unpaired) electrons. The molecule has 2 aromatic rings. The highest BCUT2D eigenvalue weighted by Crippen LogP contribution is 2.28. The van der Waals surface area contributed by atoms with E-state index >= 15 is 0 Å². The number of anilines is 2. The van der Waals surface area contributed by atoms with Crippen molar-refractivity contribution in [3.8, 4) is 0 Å². The van der Waals surface area contributed by atoms with Crippen LogP contribution in [0.2, 0.25) is 0 Å².